The van der Waals surface area contributed by atoms with Gasteiger partial charge < -0.3 is 15.2 Å². The Labute approximate surface area is 104 Å². The molecule has 0 bridgehead atoms. The molecule has 0 saturated carbocycles. The molecule has 0 aromatic heterocycles. The Morgan fingerprint density at radius 1 is 1.24 bits per heavy atom. The summed E-state index contributed by atoms with van der Waals surface area (Å²) in [6.45, 7) is 5.36. The summed E-state index contributed by atoms with van der Waals surface area (Å²) in [4.78, 5) is 2.45. The number of nitrogens with two attached hydrogens (primary N) is 1. The fourth-order valence-electron chi connectivity index (χ4n) is 2.97. The lowest BCUT2D eigenvalue weighted by Crippen LogP contribution is -2.58. The third-order valence-corrected chi connectivity index (χ3v) is 4.36. The van der Waals surface area contributed by atoms with Crippen LogP contribution in [0.3, 0.4) is 0 Å². The summed E-state index contributed by atoms with van der Waals surface area (Å²) in [7, 11) is 2.21. The highest BCUT2D eigenvalue weighted by Crippen LogP contribution is 2.27. The molecule has 100 valence electrons. The number of hydrogen-bond donors (Lipinski definition) is 1. The summed E-state index contributed by atoms with van der Waals surface area (Å²) in [5.41, 5.74) is 6.08. The zero-order chi connectivity index (χ0) is 12.1. The van der Waals surface area contributed by atoms with E-state index >= 15 is 0 Å². The van der Waals surface area contributed by atoms with E-state index in [9.17, 15) is 0 Å². The van der Waals surface area contributed by atoms with E-state index in [0.29, 0.717) is 6.54 Å². The monoisotopic (exact) mass is 242 g/mol. The van der Waals surface area contributed by atoms with Crippen molar-refractivity contribution in [1.29, 1.82) is 0 Å². The van der Waals surface area contributed by atoms with Gasteiger partial charge >= 0.3 is 0 Å². The average Bonchev–Trinajstić information content (AvgIpc) is 2.40. The van der Waals surface area contributed by atoms with Crippen LogP contribution in [0.15, 0.2) is 0 Å². The number of hydrogen-bond acceptors (Lipinski definition) is 4. The van der Waals surface area contributed by atoms with Crippen LogP contribution >= 0.6 is 0 Å². The molecule has 0 aromatic carbocycles. The first-order valence-corrected chi connectivity index (χ1v) is 6.84. The molecule has 2 saturated heterocycles. The van der Waals surface area contributed by atoms with Crippen molar-refractivity contribution < 1.29 is 9.47 Å². The van der Waals surface area contributed by atoms with Crippen LogP contribution in [0.25, 0.3) is 0 Å². The summed E-state index contributed by atoms with van der Waals surface area (Å²) >= 11 is 0. The van der Waals surface area contributed by atoms with Crippen LogP contribution in [0.1, 0.15) is 25.7 Å². The minimum Gasteiger partial charge on any atom is -0.381 e. The Morgan fingerprint density at radius 3 is 2.59 bits per heavy atom. The Morgan fingerprint density at radius 2 is 2.00 bits per heavy atom. The SMILES string of the molecule is CN(CC1CCOCC1)C1(CN)CCCOC1. The van der Waals surface area contributed by atoms with Gasteiger partial charge in [0.05, 0.1) is 12.1 Å². The molecule has 0 aromatic rings. The van der Waals surface area contributed by atoms with Crippen LogP contribution in [0.5, 0.6) is 0 Å². The van der Waals surface area contributed by atoms with E-state index < -0.39 is 0 Å². The summed E-state index contributed by atoms with van der Waals surface area (Å²) < 4.78 is 11.1. The largest absolute Gasteiger partial charge is 0.381 e. The zero-order valence-corrected chi connectivity index (χ0v) is 11.0. The van der Waals surface area contributed by atoms with Crippen LogP contribution in [-0.4, -0.2) is 57.0 Å². The molecule has 2 aliphatic heterocycles. The van der Waals surface area contributed by atoms with Gasteiger partial charge in [-0.3, -0.25) is 4.90 Å². The van der Waals surface area contributed by atoms with Crippen molar-refractivity contribution in [2.24, 2.45) is 11.7 Å². The summed E-state index contributed by atoms with van der Waals surface area (Å²) in [6.07, 6.45) is 4.68. The summed E-state index contributed by atoms with van der Waals surface area (Å²) in [5.74, 6) is 0.763. The van der Waals surface area contributed by atoms with Gasteiger partial charge in [0.1, 0.15) is 0 Å². The van der Waals surface area contributed by atoms with Crippen molar-refractivity contribution in [3.63, 3.8) is 0 Å². The first kappa shape index (κ1) is 13.3. The second-order valence-corrected chi connectivity index (χ2v) is 5.52. The average molecular weight is 242 g/mol. The minimum atomic E-state index is 0.0799. The molecule has 17 heavy (non-hydrogen) atoms. The number of rotatable bonds is 4. The summed E-state index contributed by atoms with van der Waals surface area (Å²) in [5, 5.41) is 0. The lowest BCUT2D eigenvalue weighted by molar-refractivity contribution is -0.0461. The van der Waals surface area contributed by atoms with E-state index in [1.54, 1.807) is 0 Å². The molecule has 1 unspecified atom stereocenters. The molecule has 0 aliphatic carbocycles. The Kier molecular flexibility index (Phi) is 4.79. The molecule has 2 fully saturated rings. The third-order valence-electron chi connectivity index (χ3n) is 4.36. The zero-order valence-electron chi connectivity index (χ0n) is 11.0. The van der Waals surface area contributed by atoms with Gasteiger partial charge in [0, 0.05) is 32.9 Å². The van der Waals surface area contributed by atoms with Crippen LogP contribution in [0.2, 0.25) is 0 Å². The van der Waals surface area contributed by atoms with Gasteiger partial charge in [0.15, 0.2) is 0 Å². The van der Waals surface area contributed by atoms with Crippen molar-refractivity contribution in [1.82, 2.24) is 4.90 Å². The van der Waals surface area contributed by atoms with Crippen molar-refractivity contribution in [2.75, 3.05) is 46.6 Å². The van der Waals surface area contributed by atoms with Crippen molar-refractivity contribution in [2.45, 2.75) is 31.2 Å². The lowest BCUT2D eigenvalue weighted by atomic mass is 9.89. The molecule has 4 nitrogen and oxygen atoms in total. The number of likely N-dealkylation sites (N-methyl/N-ethyl adjacent to an activating group) is 1. The van der Waals surface area contributed by atoms with E-state index in [2.05, 4.69) is 11.9 Å². The first-order chi connectivity index (χ1) is 8.27. The van der Waals surface area contributed by atoms with E-state index in [1.807, 2.05) is 0 Å². The van der Waals surface area contributed by atoms with E-state index in [-0.39, 0.29) is 5.54 Å². The topological polar surface area (TPSA) is 47.7 Å². The van der Waals surface area contributed by atoms with Crippen molar-refractivity contribution in [3.8, 4) is 0 Å². The molecule has 0 radical (unpaired) electrons. The molecule has 2 rings (SSSR count). The molecule has 1 atom stereocenters. The quantitative estimate of drug-likeness (QED) is 0.794. The maximum atomic E-state index is 6.00. The standard InChI is InChI=1S/C13H26N2O2/c1-15(9-12-3-7-16-8-4-12)13(10-14)5-2-6-17-11-13/h12H,2-11,14H2,1H3. The van der Waals surface area contributed by atoms with E-state index in [1.165, 1.54) is 19.3 Å². The van der Waals surface area contributed by atoms with E-state index in [0.717, 1.165) is 45.3 Å². The van der Waals surface area contributed by atoms with Gasteiger partial charge in [0.25, 0.3) is 0 Å². The third kappa shape index (κ3) is 3.19. The molecule has 4 heteroatoms. The van der Waals surface area contributed by atoms with Crippen molar-refractivity contribution >= 4 is 0 Å². The van der Waals surface area contributed by atoms with Gasteiger partial charge in [-0.05, 0) is 38.6 Å². The number of ether oxygens (including phenoxy) is 2. The molecular formula is C13H26N2O2. The number of nitrogens with zero attached hydrogens (tertiary/aromatic N) is 1. The molecule has 2 heterocycles. The smallest absolute Gasteiger partial charge is 0.0662 e. The normalized spacial score (nSPS) is 31.9. The lowest BCUT2D eigenvalue weighted by Gasteiger charge is -2.45. The first-order valence-electron chi connectivity index (χ1n) is 6.84. The molecule has 0 spiro atoms. The fraction of sp³-hybridized carbons (Fsp3) is 1.00. The van der Waals surface area contributed by atoms with Crippen LogP contribution in [0.4, 0.5) is 0 Å². The molecular weight excluding hydrogens is 216 g/mol. The van der Waals surface area contributed by atoms with Gasteiger partial charge in [-0.2, -0.15) is 0 Å². The Hall–Kier alpha value is -0.160. The fourth-order valence-corrected chi connectivity index (χ4v) is 2.97. The second-order valence-electron chi connectivity index (χ2n) is 5.52. The van der Waals surface area contributed by atoms with Crippen LogP contribution in [0, 0.1) is 5.92 Å². The maximum absolute atomic E-state index is 6.00. The molecule has 0 amide bonds. The van der Waals surface area contributed by atoms with Gasteiger partial charge in [0.2, 0.25) is 0 Å². The van der Waals surface area contributed by atoms with Crippen molar-refractivity contribution in [3.05, 3.63) is 0 Å². The molecule has 2 N–H and O–H groups in total. The summed E-state index contributed by atoms with van der Waals surface area (Å²) in [6, 6.07) is 0. The Bertz CT molecular complexity index is 223. The molecule has 2 aliphatic rings. The maximum Gasteiger partial charge on any atom is 0.0662 e. The Balaban J connectivity index is 1.89. The predicted molar refractivity (Wildman–Crippen MR) is 68.0 cm³/mol. The van der Waals surface area contributed by atoms with Gasteiger partial charge in [-0.25, -0.2) is 0 Å². The minimum absolute atomic E-state index is 0.0799. The highest BCUT2D eigenvalue weighted by molar-refractivity contribution is 4.93. The van der Waals surface area contributed by atoms with Crippen LogP contribution in [-0.2, 0) is 9.47 Å². The second kappa shape index (κ2) is 6.14. The van der Waals surface area contributed by atoms with Gasteiger partial charge in [-0.15, -0.1) is 0 Å². The van der Waals surface area contributed by atoms with Crippen LogP contribution < -0.4 is 5.73 Å². The van der Waals surface area contributed by atoms with E-state index in [4.69, 9.17) is 15.2 Å². The van der Waals surface area contributed by atoms with Gasteiger partial charge in [-0.1, -0.05) is 0 Å². The highest BCUT2D eigenvalue weighted by Gasteiger charge is 2.36. The highest BCUT2D eigenvalue weighted by atomic mass is 16.5. The predicted octanol–water partition coefficient (Wildman–Crippen LogP) is 0.853.